The lowest BCUT2D eigenvalue weighted by Crippen LogP contribution is -2.41. The number of nitriles is 1. The zero-order valence-corrected chi connectivity index (χ0v) is 12.6. The van der Waals surface area contributed by atoms with Gasteiger partial charge in [0.2, 0.25) is 10.0 Å². The lowest BCUT2D eigenvalue weighted by Gasteiger charge is -2.26. The molecule has 1 aliphatic heterocycles. The molecule has 20 heavy (non-hydrogen) atoms. The van der Waals surface area contributed by atoms with Crippen LogP contribution in [0.1, 0.15) is 24.5 Å². The van der Waals surface area contributed by atoms with Crippen LogP contribution in [-0.2, 0) is 14.8 Å². The highest BCUT2D eigenvalue weighted by Gasteiger charge is 2.35. The quantitative estimate of drug-likeness (QED) is 0.850. The first-order valence-electron chi connectivity index (χ1n) is 6.48. The van der Waals surface area contributed by atoms with Crippen molar-refractivity contribution in [2.45, 2.75) is 37.3 Å². The van der Waals surface area contributed by atoms with Crippen LogP contribution in [0.2, 0.25) is 0 Å². The number of hydrogen-bond donors (Lipinski definition) is 0. The van der Waals surface area contributed by atoms with E-state index in [0.29, 0.717) is 24.2 Å². The number of aryl methyl sites for hydroxylation is 1. The summed E-state index contributed by atoms with van der Waals surface area (Å²) in [6, 6.07) is 6.49. The first kappa shape index (κ1) is 15.0. The van der Waals surface area contributed by atoms with Gasteiger partial charge in [0.05, 0.1) is 28.7 Å². The molecule has 1 heterocycles. The van der Waals surface area contributed by atoms with Crippen LogP contribution in [0, 0.1) is 18.3 Å². The van der Waals surface area contributed by atoms with Crippen LogP contribution in [0.5, 0.6) is 0 Å². The van der Waals surface area contributed by atoms with Gasteiger partial charge >= 0.3 is 0 Å². The molecule has 1 aliphatic rings. The van der Waals surface area contributed by atoms with E-state index in [1.165, 1.54) is 16.4 Å². The SMILES string of the molecule is Cc1cc(C#N)ccc1S(=O)(=O)N(C)C1CCOC1C. The molecule has 0 amide bonds. The van der Waals surface area contributed by atoms with Crippen LogP contribution in [0.15, 0.2) is 23.1 Å². The molecule has 0 bridgehead atoms. The van der Waals surface area contributed by atoms with Gasteiger partial charge < -0.3 is 4.74 Å². The summed E-state index contributed by atoms with van der Waals surface area (Å²) in [5, 5.41) is 8.85. The van der Waals surface area contributed by atoms with Gasteiger partial charge in [-0.2, -0.15) is 9.57 Å². The molecule has 1 aromatic carbocycles. The first-order chi connectivity index (χ1) is 9.37. The molecular weight excluding hydrogens is 276 g/mol. The fourth-order valence-corrected chi connectivity index (χ4v) is 4.19. The number of nitrogens with zero attached hydrogens (tertiary/aromatic N) is 2. The average Bonchev–Trinajstić information content (AvgIpc) is 2.83. The maximum atomic E-state index is 12.7. The maximum absolute atomic E-state index is 12.7. The van der Waals surface area contributed by atoms with E-state index in [0.717, 1.165) is 0 Å². The van der Waals surface area contributed by atoms with Gasteiger partial charge in [0, 0.05) is 13.7 Å². The van der Waals surface area contributed by atoms with Crippen molar-refractivity contribution in [2.75, 3.05) is 13.7 Å². The van der Waals surface area contributed by atoms with E-state index in [1.54, 1.807) is 20.0 Å². The largest absolute Gasteiger partial charge is 0.377 e. The van der Waals surface area contributed by atoms with Crippen molar-refractivity contribution in [2.24, 2.45) is 0 Å². The van der Waals surface area contributed by atoms with Gasteiger partial charge in [-0.1, -0.05) is 0 Å². The highest BCUT2D eigenvalue weighted by molar-refractivity contribution is 7.89. The monoisotopic (exact) mass is 294 g/mol. The number of sulfonamides is 1. The number of ether oxygens (including phenoxy) is 1. The van der Waals surface area contributed by atoms with Crippen LogP contribution in [0.3, 0.4) is 0 Å². The lowest BCUT2D eigenvalue weighted by atomic mass is 10.1. The van der Waals surface area contributed by atoms with E-state index >= 15 is 0 Å². The molecule has 5 nitrogen and oxygen atoms in total. The molecule has 0 aromatic heterocycles. The van der Waals surface area contributed by atoms with Gasteiger partial charge in [0.25, 0.3) is 0 Å². The second kappa shape index (κ2) is 5.52. The van der Waals surface area contributed by atoms with E-state index < -0.39 is 10.0 Å². The van der Waals surface area contributed by atoms with Crippen molar-refractivity contribution in [3.8, 4) is 6.07 Å². The smallest absolute Gasteiger partial charge is 0.243 e. The van der Waals surface area contributed by atoms with Crippen molar-refractivity contribution in [1.82, 2.24) is 4.31 Å². The summed E-state index contributed by atoms with van der Waals surface area (Å²) in [4.78, 5) is 0.248. The predicted molar refractivity (Wildman–Crippen MR) is 74.7 cm³/mol. The first-order valence-corrected chi connectivity index (χ1v) is 7.92. The summed E-state index contributed by atoms with van der Waals surface area (Å²) in [6.07, 6.45) is 0.597. The summed E-state index contributed by atoms with van der Waals surface area (Å²) in [5.74, 6) is 0. The van der Waals surface area contributed by atoms with Crippen LogP contribution in [0.4, 0.5) is 0 Å². The molecule has 6 heteroatoms. The minimum absolute atomic E-state index is 0.103. The molecule has 1 saturated heterocycles. The van der Waals surface area contributed by atoms with E-state index in [1.807, 2.05) is 13.0 Å². The molecule has 0 spiro atoms. The Kier molecular flexibility index (Phi) is 4.14. The van der Waals surface area contributed by atoms with E-state index in [9.17, 15) is 8.42 Å². The Morgan fingerprint density at radius 1 is 1.45 bits per heavy atom. The van der Waals surface area contributed by atoms with Gasteiger partial charge in [0.15, 0.2) is 0 Å². The minimum atomic E-state index is -3.57. The predicted octanol–water partition coefficient (Wildman–Crippen LogP) is 1.66. The minimum Gasteiger partial charge on any atom is -0.377 e. The fourth-order valence-electron chi connectivity index (χ4n) is 2.54. The van der Waals surface area contributed by atoms with Gasteiger partial charge in [-0.05, 0) is 44.0 Å². The molecule has 2 unspecified atom stereocenters. The summed E-state index contributed by atoms with van der Waals surface area (Å²) >= 11 is 0. The fraction of sp³-hybridized carbons (Fsp3) is 0.500. The van der Waals surface area contributed by atoms with Crippen LogP contribution in [0.25, 0.3) is 0 Å². The van der Waals surface area contributed by atoms with Crippen molar-refractivity contribution >= 4 is 10.0 Å². The van der Waals surface area contributed by atoms with Crippen molar-refractivity contribution in [3.05, 3.63) is 29.3 Å². The molecule has 2 rings (SSSR count). The Morgan fingerprint density at radius 2 is 2.15 bits per heavy atom. The Hall–Kier alpha value is -1.42. The standard InChI is InChI=1S/C14H18N2O3S/c1-10-8-12(9-15)4-5-14(10)20(17,18)16(3)13-6-7-19-11(13)2/h4-5,8,11,13H,6-7H2,1-3H3. The molecule has 1 aromatic rings. The molecule has 1 fully saturated rings. The molecule has 0 saturated carbocycles. The number of rotatable bonds is 3. The van der Waals surface area contributed by atoms with Crippen LogP contribution < -0.4 is 0 Å². The van der Waals surface area contributed by atoms with Crippen LogP contribution in [-0.4, -0.2) is 38.5 Å². The molecule has 0 radical (unpaired) electrons. The van der Waals surface area contributed by atoms with Gasteiger partial charge in [-0.15, -0.1) is 0 Å². The number of hydrogen-bond acceptors (Lipinski definition) is 4. The Labute approximate surface area is 119 Å². The van der Waals surface area contributed by atoms with Crippen molar-refractivity contribution < 1.29 is 13.2 Å². The highest BCUT2D eigenvalue weighted by Crippen LogP contribution is 2.26. The zero-order valence-electron chi connectivity index (χ0n) is 11.8. The maximum Gasteiger partial charge on any atom is 0.243 e. The molecular formula is C14H18N2O3S. The van der Waals surface area contributed by atoms with Gasteiger partial charge in [-0.25, -0.2) is 8.42 Å². The van der Waals surface area contributed by atoms with Crippen molar-refractivity contribution in [3.63, 3.8) is 0 Å². The number of likely N-dealkylation sites (N-methyl/N-ethyl adjacent to an activating group) is 1. The molecule has 2 atom stereocenters. The van der Waals surface area contributed by atoms with Gasteiger partial charge in [-0.3, -0.25) is 0 Å². The topological polar surface area (TPSA) is 70.4 Å². The molecule has 108 valence electrons. The Balaban J connectivity index is 2.38. The molecule has 0 aliphatic carbocycles. The third kappa shape index (κ3) is 2.57. The Bertz CT molecular complexity index is 649. The van der Waals surface area contributed by atoms with E-state index in [2.05, 4.69) is 0 Å². The summed E-state index contributed by atoms with van der Waals surface area (Å²) in [5.41, 5.74) is 1.05. The third-order valence-electron chi connectivity index (χ3n) is 3.76. The summed E-state index contributed by atoms with van der Waals surface area (Å²) in [7, 11) is -1.98. The van der Waals surface area contributed by atoms with E-state index in [4.69, 9.17) is 10.00 Å². The zero-order chi connectivity index (χ0) is 14.9. The van der Waals surface area contributed by atoms with Gasteiger partial charge in [0.1, 0.15) is 0 Å². The van der Waals surface area contributed by atoms with E-state index in [-0.39, 0.29) is 17.0 Å². The third-order valence-corrected chi connectivity index (χ3v) is 5.81. The molecule has 0 N–H and O–H groups in total. The normalized spacial score (nSPS) is 22.9. The summed E-state index contributed by atoms with van der Waals surface area (Å²) < 4.78 is 32.2. The van der Waals surface area contributed by atoms with Crippen molar-refractivity contribution in [1.29, 1.82) is 5.26 Å². The average molecular weight is 294 g/mol. The second-order valence-electron chi connectivity index (χ2n) is 5.05. The highest BCUT2D eigenvalue weighted by atomic mass is 32.2. The van der Waals surface area contributed by atoms with Crippen LogP contribution >= 0.6 is 0 Å². The Morgan fingerprint density at radius 3 is 2.65 bits per heavy atom. The second-order valence-corrected chi connectivity index (χ2v) is 7.01. The summed E-state index contributed by atoms with van der Waals surface area (Å²) in [6.45, 7) is 4.17. The lowest BCUT2D eigenvalue weighted by molar-refractivity contribution is 0.102. The number of benzene rings is 1.